The van der Waals surface area contributed by atoms with E-state index in [1.807, 2.05) is 26.0 Å². The Morgan fingerprint density at radius 1 is 1.19 bits per heavy atom. The van der Waals surface area contributed by atoms with Gasteiger partial charge in [0.25, 0.3) is 11.2 Å². The van der Waals surface area contributed by atoms with Gasteiger partial charge in [-0.2, -0.15) is 0 Å². The molecule has 27 heavy (non-hydrogen) atoms. The Kier molecular flexibility index (Phi) is 4.18. The summed E-state index contributed by atoms with van der Waals surface area (Å²) in [6.45, 7) is 3.92. The second-order valence-electron chi connectivity index (χ2n) is 6.18. The van der Waals surface area contributed by atoms with E-state index in [2.05, 4.69) is 4.98 Å². The number of thiazole rings is 1. The van der Waals surface area contributed by atoms with E-state index in [1.165, 1.54) is 29.5 Å². The number of imidazole rings is 1. The van der Waals surface area contributed by atoms with Crippen LogP contribution in [0.25, 0.3) is 22.1 Å². The Labute approximate surface area is 166 Å². The molecule has 2 heterocycles. The number of benzene rings is 2. The fraction of sp³-hybridized carbons (Fsp3) is 0.111. The standard InChI is InChI=1S/C18H11Cl2N3O3S/c1-8-3-9(2)16-14(4-8)22-17(24)15(27-18(22)21-16)6-10-5-13(23(25)26)12(20)7-11(10)19/h3-7H,1-2H3/b15-6+. The lowest BCUT2D eigenvalue weighted by molar-refractivity contribution is -0.384. The molecular weight excluding hydrogens is 409 g/mol. The summed E-state index contributed by atoms with van der Waals surface area (Å²) in [5, 5.41) is 11.3. The van der Waals surface area contributed by atoms with E-state index in [4.69, 9.17) is 23.2 Å². The number of hydrogen-bond acceptors (Lipinski definition) is 5. The molecule has 4 aromatic rings. The number of aromatic nitrogens is 2. The molecule has 0 aliphatic carbocycles. The molecule has 0 amide bonds. The minimum Gasteiger partial charge on any atom is -0.267 e. The van der Waals surface area contributed by atoms with Crippen molar-refractivity contribution in [2.75, 3.05) is 0 Å². The van der Waals surface area contributed by atoms with Crippen molar-refractivity contribution in [1.82, 2.24) is 9.38 Å². The fourth-order valence-electron chi connectivity index (χ4n) is 3.06. The molecule has 0 N–H and O–H groups in total. The first-order valence-corrected chi connectivity index (χ1v) is 9.41. The Hall–Kier alpha value is -2.48. The van der Waals surface area contributed by atoms with Crippen LogP contribution >= 0.6 is 34.5 Å². The van der Waals surface area contributed by atoms with Crippen molar-refractivity contribution in [2.24, 2.45) is 0 Å². The predicted octanol–water partition coefficient (Wildman–Crippen LogP) is 4.29. The van der Waals surface area contributed by atoms with Gasteiger partial charge < -0.3 is 0 Å². The third-order valence-electron chi connectivity index (χ3n) is 4.23. The second kappa shape index (κ2) is 6.30. The minimum atomic E-state index is -0.589. The van der Waals surface area contributed by atoms with Gasteiger partial charge in [-0.1, -0.05) is 40.6 Å². The van der Waals surface area contributed by atoms with E-state index in [-0.39, 0.29) is 21.3 Å². The van der Waals surface area contributed by atoms with Gasteiger partial charge in [-0.25, -0.2) is 9.38 Å². The molecule has 0 aliphatic rings. The lowest BCUT2D eigenvalue weighted by atomic mass is 10.1. The zero-order valence-corrected chi connectivity index (χ0v) is 16.4. The molecule has 0 atom stereocenters. The van der Waals surface area contributed by atoms with Crippen LogP contribution in [0, 0.1) is 24.0 Å². The van der Waals surface area contributed by atoms with Gasteiger partial charge in [0.05, 0.1) is 20.5 Å². The van der Waals surface area contributed by atoms with Gasteiger partial charge in [0.1, 0.15) is 5.02 Å². The molecule has 136 valence electrons. The molecule has 2 aromatic carbocycles. The molecule has 0 spiro atoms. The van der Waals surface area contributed by atoms with Gasteiger partial charge in [0, 0.05) is 16.7 Å². The predicted molar refractivity (Wildman–Crippen MR) is 108 cm³/mol. The summed E-state index contributed by atoms with van der Waals surface area (Å²) in [5.41, 5.74) is 3.42. The first-order chi connectivity index (χ1) is 12.8. The monoisotopic (exact) mass is 419 g/mol. The number of hydrogen-bond donors (Lipinski definition) is 0. The molecule has 0 aliphatic heterocycles. The van der Waals surface area contributed by atoms with Gasteiger partial charge in [0.15, 0.2) is 4.96 Å². The average molecular weight is 420 g/mol. The van der Waals surface area contributed by atoms with E-state index in [0.29, 0.717) is 15.1 Å². The van der Waals surface area contributed by atoms with Crippen LogP contribution in [0.3, 0.4) is 0 Å². The van der Waals surface area contributed by atoms with Crippen molar-refractivity contribution >= 4 is 62.3 Å². The number of nitro groups is 1. The van der Waals surface area contributed by atoms with Crippen molar-refractivity contribution in [3.8, 4) is 0 Å². The highest BCUT2D eigenvalue weighted by molar-refractivity contribution is 7.15. The van der Waals surface area contributed by atoms with Gasteiger partial charge in [-0.3, -0.25) is 14.9 Å². The average Bonchev–Trinajstić information content (AvgIpc) is 3.07. The number of nitrogens with zero attached hydrogens (tertiary/aromatic N) is 3. The smallest absolute Gasteiger partial charge is 0.267 e. The summed E-state index contributed by atoms with van der Waals surface area (Å²) in [5.74, 6) is 0. The highest BCUT2D eigenvalue weighted by atomic mass is 35.5. The lowest BCUT2D eigenvalue weighted by Crippen LogP contribution is -2.22. The van der Waals surface area contributed by atoms with E-state index < -0.39 is 4.92 Å². The van der Waals surface area contributed by atoms with Gasteiger partial charge >= 0.3 is 0 Å². The molecule has 0 saturated heterocycles. The molecule has 0 saturated carbocycles. The maximum absolute atomic E-state index is 12.9. The number of halogens is 2. The normalized spacial score (nSPS) is 12.4. The zero-order chi connectivity index (χ0) is 19.5. The SMILES string of the molecule is Cc1cc(C)c2nc3s/c(=C/c4cc([N+](=O)[O-])c(Cl)cc4Cl)c(=O)n3c2c1. The van der Waals surface area contributed by atoms with Crippen LogP contribution in [-0.4, -0.2) is 14.3 Å². The summed E-state index contributed by atoms with van der Waals surface area (Å²) >= 11 is 13.2. The second-order valence-corrected chi connectivity index (χ2v) is 8.00. The molecule has 0 fully saturated rings. The maximum atomic E-state index is 12.9. The Balaban J connectivity index is 2.01. The van der Waals surface area contributed by atoms with Gasteiger partial charge in [-0.05, 0) is 43.2 Å². The topological polar surface area (TPSA) is 77.5 Å². The van der Waals surface area contributed by atoms with Crippen molar-refractivity contribution in [2.45, 2.75) is 13.8 Å². The van der Waals surface area contributed by atoms with Gasteiger partial charge in [0.2, 0.25) is 0 Å². The number of rotatable bonds is 2. The third kappa shape index (κ3) is 2.88. The maximum Gasteiger partial charge on any atom is 0.288 e. The van der Waals surface area contributed by atoms with E-state index >= 15 is 0 Å². The Bertz CT molecular complexity index is 1370. The summed E-state index contributed by atoms with van der Waals surface area (Å²) < 4.78 is 1.95. The van der Waals surface area contributed by atoms with Crippen LogP contribution in [0.2, 0.25) is 10.0 Å². The molecule has 4 rings (SSSR count). The number of aryl methyl sites for hydroxylation is 2. The molecule has 0 bridgehead atoms. The van der Waals surface area contributed by atoms with E-state index in [0.717, 1.165) is 22.2 Å². The zero-order valence-electron chi connectivity index (χ0n) is 14.1. The minimum absolute atomic E-state index is 0.0533. The van der Waals surface area contributed by atoms with Crippen molar-refractivity contribution in [1.29, 1.82) is 0 Å². The van der Waals surface area contributed by atoms with Crippen molar-refractivity contribution in [3.05, 3.63) is 76.0 Å². The lowest BCUT2D eigenvalue weighted by Gasteiger charge is -2.00. The molecule has 0 radical (unpaired) electrons. The molecule has 2 aromatic heterocycles. The van der Waals surface area contributed by atoms with Crippen LogP contribution in [-0.2, 0) is 0 Å². The summed E-state index contributed by atoms with van der Waals surface area (Å²) in [4.78, 5) is 28.6. The van der Waals surface area contributed by atoms with Crippen molar-refractivity contribution in [3.63, 3.8) is 0 Å². The molecular formula is C18H11Cl2N3O3S. The third-order valence-corrected chi connectivity index (χ3v) is 5.83. The van der Waals surface area contributed by atoms with Crippen LogP contribution < -0.4 is 10.1 Å². The Morgan fingerprint density at radius 2 is 1.93 bits per heavy atom. The highest BCUT2D eigenvalue weighted by Crippen LogP contribution is 2.31. The van der Waals surface area contributed by atoms with Crippen LogP contribution in [0.1, 0.15) is 16.7 Å². The number of fused-ring (bicyclic) bond motifs is 3. The van der Waals surface area contributed by atoms with E-state index in [1.54, 1.807) is 4.40 Å². The van der Waals surface area contributed by atoms with Crippen LogP contribution in [0.5, 0.6) is 0 Å². The first-order valence-electron chi connectivity index (χ1n) is 7.83. The van der Waals surface area contributed by atoms with Crippen molar-refractivity contribution < 1.29 is 4.92 Å². The highest BCUT2D eigenvalue weighted by Gasteiger charge is 2.17. The Morgan fingerprint density at radius 3 is 2.63 bits per heavy atom. The van der Waals surface area contributed by atoms with Crippen LogP contribution in [0.15, 0.2) is 29.1 Å². The largest absolute Gasteiger partial charge is 0.288 e. The quantitative estimate of drug-likeness (QED) is 0.358. The van der Waals surface area contributed by atoms with Gasteiger partial charge in [-0.15, -0.1) is 0 Å². The molecule has 0 unspecified atom stereocenters. The number of nitro benzene ring substituents is 1. The van der Waals surface area contributed by atoms with E-state index in [9.17, 15) is 14.9 Å². The summed E-state index contributed by atoms with van der Waals surface area (Å²) in [6.07, 6.45) is 1.53. The molecule has 6 nitrogen and oxygen atoms in total. The summed E-state index contributed by atoms with van der Waals surface area (Å²) in [7, 11) is 0. The fourth-order valence-corrected chi connectivity index (χ4v) is 4.53. The van der Waals surface area contributed by atoms with Crippen LogP contribution in [0.4, 0.5) is 5.69 Å². The first kappa shape index (κ1) is 17.9. The summed E-state index contributed by atoms with van der Waals surface area (Å²) in [6, 6.07) is 6.50. The molecule has 9 heteroatoms.